The fraction of sp³-hybridized carbons (Fsp3) is 1.00. The van der Waals surface area contributed by atoms with Gasteiger partial charge >= 0.3 is 0 Å². The van der Waals surface area contributed by atoms with Gasteiger partial charge in [-0.1, -0.05) is 20.8 Å². The van der Waals surface area contributed by atoms with Crippen molar-refractivity contribution in [2.75, 3.05) is 33.5 Å². The van der Waals surface area contributed by atoms with E-state index in [0.29, 0.717) is 32.3 Å². The van der Waals surface area contributed by atoms with Crippen LogP contribution in [0.15, 0.2) is 0 Å². The third-order valence-electron chi connectivity index (χ3n) is 3.97. The third-order valence-corrected chi connectivity index (χ3v) is 3.97. The van der Waals surface area contributed by atoms with Gasteiger partial charge < -0.3 is 19.3 Å². The van der Waals surface area contributed by atoms with Gasteiger partial charge in [-0.15, -0.1) is 0 Å². The first-order chi connectivity index (χ1) is 8.95. The van der Waals surface area contributed by atoms with Crippen LogP contribution in [0.2, 0.25) is 0 Å². The zero-order valence-corrected chi connectivity index (χ0v) is 12.9. The Kier molecular flexibility index (Phi) is 7.29. The topological polar surface area (TPSA) is 47.9 Å². The highest BCUT2D eigenvalue weighted by atomic mass is 16.5. The van der Waals surface area contributed by atoms with Gasteiger partial charge in [-0.2, -0.15) is 0 Å². The van der Waals surface area contributed by atoms with E-state index in [4.69, 9.17) is 14.2 Å². The van der Waals surface area contributed by atoms with Crippen molar-refractivity contribution in [3.05, 3.63) is 0 Å². The second kappa shape index (κ2) is 8.20. The number of rotatable bonds is 7. The number of hydrogen-bond donors (Lipinski definition) is 1. The smallest absolute Gasteiger partial charge is 0.0837 e. The summed E-state index contributed by atoms with van der Waals surface area (Å²) in [5, 5.41) is 10.0. The van der Waals surface area contributed by atoms with Crippen LogP contribution in [0.1, 0.15) is 40.0 Å². The normalized spacial score (nSPS) is 28.6. The molecule has 0 amide bonds. The Morgan fingerprint density at radius 3 is 2.37 bits per heavy atom. The molecule has 0 spiro atoms. The lowest BCUT2D eigenvalue weighted by atomic mass is 9.71. The Hall–Kier alpha value is -0.160. The molecule has 1 rings (SSSR count). The van der Waals surface area contributed by atoms with Gasteiger partial charge in [-0.05, 0) is 30.6 Å². The molecular formula is C15H30O4. The molecular weight excluding hydrogens is 244 g/mol. The van der Waals surface area contributed by atoms with Crippen LogP contribution < -0.4 is 0 Å². The number of methoxy groups -OCH3 is 1. The van der Waals surface area contributed by atoms with E-state index < -0.39 is 0 Å². The first kappa shape index (κ1) is 16.9. The maximum absolute atomic E-state index is 10.0. The van der Waals surface area contributed by atoms with Crippen molar-refractivity contribution in [1.29, 1.82) is 0 Å². The first-order valence-corrected chi connectivity index (χ1v) is 7.31. The van der Waals surface area contributed by atoms with E-state index in [1.165, 1.54) is 0 Å². The molecule has 1 aliphatic carbocycles. The van der Waals surface area contributed by atoms with Crippen LogP contribution in [0.25, 0.3) is 0 Å². The van der Waals surface area contributed by atoms with Gasteiger partial charge in [0.1, 0.15) is 0 Å². The summed E-state index contributed by atoms with van der Waals surface area (Å²) in [5.74, 6) is 0.621. The van der Waals surface area contributed by atoms with E-state index in [1.807, 2.05) is 0 Å². The minimum atomic E-state index is -0.322. The Morgan fingerprint density at radius 2 is 1.74 bits per heavy atom. The second-order valence-corrected chi connectivity index (χ2v) is 6.46. The van der Waals surface area contributed by atoms with E-state index in [1.54, 1.807) is 7.11 Å². The summed E-state index contributed by atoms with van der Waals surface area (Å²) in [6.07, 6.45) is 2.52. The average molecular weight is 274 g/mol. The zero-order chi connectivity index (χ0) is 14.3. The standard InChI is InChI=1S/C15H30O4/c1-15(2,3)12-5-6-13(16)14(11-12)19-10-9-18-8-7-17-4/h12-14,16H,5-11H2,1-4H3. The Morgan fingerprint density at radius 1 is 1.05 bits per heavy atom. The number of ether oxygens (including phenoxy) is 3. The largest absolute Gasteiger partial charge is 0.390 e. The lowest BCUT2D eigenvalue weighted by Gasteiger charge is -2.39. The van der Waals surface area contributed by atoms with Crippen LogP contribution in [0.5, 0.6) is 0 Å². The molecule has 19 heavy (non-hydrogen) atoms. The summed E-state index contributed by atoms with van der Waals surface area (Å²) in [6.45, 7) is 9.10. The monoisotopic (exact) mass is 274 g/mol. The predicted octanol–water partition coefficient (Wildman–Crippen LogP) is 2.24. The molecule has 0 heterocycles. The first-order valence-electron chi connectivity index (χ1n) is 7.31. The summed E-state index contributed by atoms with van der Waals surface area (Å²) in [7, 11) is 1.66. The molecule has 0 aliphatic heterocycles. The molecule has 3 atom stereocenters. The van der Waals surface area contributed by atoms with Gasteiger partial charge in [0.25, 0.3) is 0 Å². The van der Waals surface area contributed by atoms with Gasteiger partial charge in [0.15, 0.2) is 0 Å². The molecule has 0 saturated heterocycles. The molecule has 1 fully saturated rings. The van der Waals surface area contributed by atoms with Crippen molar-refractivity contribution in [2.24, 2.45) is 11.3 Å². The molecule has 0 aromatic carbocycles. The third kappa shape index (κ3) is 6.21. The Balaban J connectivity index is 2.23. The summed E-state index contributed by atoms with van der Waals surface area (Å²) in [4.78, 5) is 0. The molecule has 4 heteroatoms. The molecule has 0 aromatic heterocycles. The summed E-state index contributed by atoms with van der Waals surface area (Å²) < 4.78 is 16.0. The lowest BCUT2D eigenvalue weighted by Crippen LogP contribution is -2.40. The van der Waals surface area contributed by atoms with Crippen LogP contribution in [0.4, 0.5) is 0 Å². The lowest BCUT2D eigenvalue weighted by molar-refractivity contribution is -0.0959. The van der Waals surface area contributed by atoms with Crippen molar-refractivity contribution in [2.45, 2.75) is 52.2 Å². The quantitative estimate of drug-likeness (QED) is 0.723. The Bertz CT molecular complexity index is 237. The molecule has 0 aromatic rings. The van der Waals surface area contributed by atoms with Crippen molar-refractivity contribution >= 4 is 0 Å². The highest BCUT2D eigenvalue weighted by Gasteiger charge is 2.35. The van der Waals surface area contributed by atoms with Gasteiger partial charge in [0.2, 0.25) is 0 Å². The highest BCUT2D eigenvalue weighted by molar-refractivity contribution is 4.86. The zero-order valence-electron chi connectivity index (χ0n) is 12.9. The fourth-order valence-electron chi connectivity index (χ4n) is 2.58. The molecule has 1 aliphatic rings. The second-order valence-electron chi connectivity index (χ2n) is 6.46. The van der Waals surface area contributed by atoms with Gasteiger partial charge in [-0.25, -0.2) is 0 Å². The minimum absolute atomic E-state index is 0.0380. The van der Waals surface area contributed by atoms with Crippen LogP contribution >= 0.6 is 0 Å². The molecule has 1 N–H and O–H groups in total. The van der Waals surface area contributed by atoms with Crippen LogP contribution in [0, 0.1) is 11.3 Å². The number of aliphatic hydroxyl groups excluding tert-OH is 1. The molecule has 0 bridgehead atoms. The van der Waals surface area contributed by atoms with Crippen molar-refractivity contribution in [1.82, 2.24) is 0 Å². The van der Waals surface area contributed by atoms with Crippen LogP contribution in [-0.2, 0) is 14.2 Å². The van der Waals surface area contributed by atoms with Crippen LogP contribution in [-0.4, -0.2) is 50.9 Å². The number of aliphatic hydroxyl groups is 1. The van der Waals surface area contributed by atoms with Gasteiger partial charge in [0.05, 0.1) is 38.6 Å². The van der Waals surface area contributed by atoms with E-state index in [-0.39, 0.29) is 17.6 Å². The van der Waals surface area contributed by atoms with Crippen molar-refractivity contribution in [3.8, 4) is 0 Å². The van der Waals surface area contributed by atoms with Crippen LogP contribution in [0.3, 0.4) is 0 Å². The maximum Gasteiger partial charge on any atom is 0.0837 e. The summed E-state index contributed by atoms with van der Waals surface area (Å²) in [5.41, 5.74) is 0.288. The summed E-state index contributed by atoms with van der Waals surface area (Å²) in [6, 6.07) is 0. The maximum atomic E-state index is 10.0. The molecule has 4 nitrogen and oxygen atoms in total. The molecule has 114 valence electrons. The Labute approximate surface area is 117 Å². The summed E-state index contributed by atoms with van der Waals surface area (Å²) >= 11 is 0. The number of hydrogen-bond acceptors (Lipinski definition) is 4. The van der Waals surface area contributed by atoms with E-state index in [9.17, 15) is 5.11 Å². The van der Waals surface area contributed by atoms with Crippen molar-refractivity contribution < 1.29 is 19.3 Å². The average Bonchev–Trinajstić information content (AvgIpc) is 2.34. The van der Waals surface area contributed by atoms with Crippen molar-refractivity contribution in [3.63, 3.8) is 0 Å². The van der Waals surface area contributed by atoms with E-state index in [2.05, 4.69) is 20.8 Å². The highest BCUT2D eigenvalue weighted by Crippen LogP contribution is 2.38. The minimum Gasteiger partial charge on any atom is -0.390 e. The molecule has 3 unspecified atom stereocenters. The molecule has 1 saturated carbocycles. The van der Waals surface area contributed by atoms with Gasteiger partial charge in [0, 0.05) is 7.11 Å². The van der Waals surface area contributed by atoms with Gasteiger partial charge in [-0.3, -0.25) is 0 Å². The predicted molar refractivity (Wildman–Crippen MR) is 75.2 cm³/mol. The molecule has 0 radical (unpaired) electrons. The fourth-order valence-corrected chi connectivity index (χ4v) is 2.58. The van der Waals surface area contributed by atoms with E-state index in [0.717, 1.165) is 19.3 Å². The SMILES string of the molecule is COCCOCCOC1CC(C(C)(C)C)CCC1O. The van der Waals surface area contributed by atoms with E-state index >= 15 is 0 Å².